The minimum atomic E-state index is -0.314. The average molecular weight is 341 g/mol. The van der Waals surface area contributed by atoms with Crippen molar-refractivity contribution in [2.24, 2.45) is 5.92 Å². The Morgan fingerprint density at radius 1 is 1.23 bits per heavy atom. The lowest BCUT2D eigenvalue weighted by Gasteiger charge is -2.23. The molecule has 2 aromatic rings. The monoisotopic (exact) mass is 340 g/mol. The Morgan fingerprint density at radius 3 is 2.41 bits per heavy atom. The van der Waals surface area contributed by atoms with Crippen LogP contribution in [0.1, 0.15) is 35.8 Å². The Labute approximate surface area is 138 Å². The first-order valence-electron chi connectivity index (χ1n) is 6.76. The number of aromatic nitrogens is 1. The van der Waals surface area contributed by atoms with E-state index < -0.39 is 0 Å². The predicted octanol–water partition coefficient (Wildman–Crippen LogP) is 4.65. The van der Waals surface area contributed by atoms with Gasteiger partial charge in [-0.2, -0.15) is 0 Å². The van der Waals surface area contributed by atoms with E-state index in [4.69, 9.17) is 23.2 Å². The van der Waals surface area contributed by atoms with Crippen molar-refractivity contribution in [1.82, 2.24) is 10.3 Å². The highest BCUT2D eigenvalue weighted by atomic mass is 35.5. The van der Waals surface area contributed by atoms with E-state index in [1.165, 1.54) is 24.4 Å². The van der Waals surface area contributed by atoms with Gasteiger partial charge in [0.05, 0.1) is 16.6 Å². The number of nitrogens with zero attached hydrogens (tertiary/aromatic N) is 1. The molecule has 0 aliphatic heterocycles. The Balaban J connectivity index is 2.22. The zero-order valence-electron chi connectivity index (χ0n) is 12.1. The largest absolute Gasteiger partial charge is 0.345 e. The number of nitrogens with one attached hydrogen (secondary N) is 1. The molecule has 0 bridgehead atoms. The van der Waals surface area contributed by atoms with E-state index in [1.54, 1.807) is 12.1 Å². The molecule has 1 unspecified atom stereocenters. The molecule has 22 heavy (non-hydrogen) atoms. The van der Waals surface area contributed by atoms with Crippen molar-refractivity contribution in [3.63, 3.8) is 0 Å². The third kappa shape index (κ3) is 3.96. The number of benzene rings is 1. The number of amides is 1. The molecular weight excluding hydrogens is 326 g/mol. The number of halogens is 3. The van der Waals surface area contributed by atoms with Crippen LogP contribution in [0.3, 0.4) is 0 Å². The second-order valence-corrected chi connectivity index (χ2v) is 6.01. The summed E-state index contributed by atoms with van der Waals surface area (Å²) in [6.07, 6.45) is 1.37. The van der Waals surface area contributed by atoms with Gasteiger partial charge in [0, 0.05) is 6.20 Å². The summed E-state index contributed by atoms with van der Waals surface area (Å²) >= 11 is 11.6. The molecule has 0 spiro atoms. The van der Waals surface area contributed by atoms with Gasteiger partial charge in [-0.05, 0) is 29.7 Å². The van der Waals surface area contributed by atoms with Crippen LogP contribution < -0.4 is 5.32 Å². The second kappa shape index (κ2) is 7.07. The average Bonchev–Trinajstić information content (AvgIpc) is 2.48. The number of carbonyl (C=O) groups is 1. The van der Waals surface area contributed by atoms with E-state index >= 15 is 0 Å². The summed E-state index contributed by atoms with van der Waals surface area (Å²) in [5.74, 6) is -0.495. The van der Waals surface area contributed by atoms with Gasteiger partial charge in [0.25, 0.3) is 5.91 Å². The molecule has 0 aliphatic carbocycles. The molecule has 6 heteroatoms. The van der Waals surface area contributed by atoms with Crippen molar-refractivity contribution < 1.29 is 9.18 Å². The Kier molecular flexibility index (Phi) is 5.37. The number of hydrogen-bond acceptors (Lipinski definition) is 2. The minimum Gasteiger partial charge on any atom is -0.345 e. The first kappa shape index (κ1) is 16.7. The van der Waals surface area contributed by atoms with E-state index in [1.807, 2.05) is 13.8 Å². The van der Waals surface area contributed by atoms with Crippen LogP contribution >= 0.6 is 23.2 Å². The summed E-state index contributed by atoms with van der Waals surface area (Å²) in [5, 5.41) is 3.28. The summed E-state index contributed by atoms with van der Waals surface area (Å²) < 4.78 is 13.0. The van der Waals surface area contributed by atoms with Crippen LogP contribution in [0.25, 0.3) is 0 Å². The van der Waals surface area contributed by atoms with Gasteiger partial charge < -0.3 is 5.32 Å². The van der Waals surface area contributed by atoms with Gasteiger partial charge in [-0.15, -0.1) is 0 Å². The summed E-state index contributed by atoms with van der Waals surface area (Å²) in [7, 11) is 0. The summed E-state index contributed by atoms with van der Waals surface area (Å²) in [6.45, 7) is 3.95. The van der Waals surface area contributed by atoms with Crippen molar-refractivity contribution in [3.05, 3.63) is 63.6 Å². The number of rotatable bonds is 4. The molecule has 0 fully saturated rings. The maximum absolute atomic E-state index is 13.0. The van der Waals surface area contributed by atoms with Crippen LogP contribution in [0.5, 0.6) is 0 Å². The van der Waals surface area contributed by atoms with Crippen molar-refractivity contribution in [2.75, 3.05) is 0 Å². The predicted molar refractivity (Wildman–Crippen MR) is 85.7 cm³/mol. The first-order valence-corrected chi connectivity index (χ1v) is 7.51. The third-order valence-corrected chi connectivity index (χ3v) is 3.93. The Hall–Kier alpha value is -1.65. The highest BCUT2D eigenvalue weighted by molar-refractivity contribution is 6.41. The van der Waals surface area contributed by atoms with Crippen molar-refractivity contribution >= 4 is 29.1 Å². The number of carbonyl (C=O) groups excluding carboxylic acids is 1. The normalized spacial score (nSPS) is 12.3. The van der Waals surface area contributed by atoms with Crippen molar-refractivity contribution in [1.29, 1.82) is 0 Å². The van der Waals surface area contributed by atoms with E-state index in [2.05, 4.69) is 10.3 Å². The van der Waals surface area contributed by atoms with E-state index in [9.17, 15) is 9.18 Å². The molecule has 0 aliphatic rings. The van der Waals surface area contributed by atoms with Crippen LogP contribution in [-0.4, -0.2) is 10.9 Å². The van der Waals surface area contributed by atoms with Gasteiger partial charge in [-0.25, -0.2) is 9.37 Å². The summed E-state index contributed by atoms with van der Waals surface area (Å²) in [4.78, 5) is 16.2. The smallest absolute Gasteiger partial charge is 0.253 e. The molecule has 1 amide bonds. The molecular formula is C16H15Cl2FN2O. The van der Waals surface area contributed by atoms with E-state index in [0.717, 1.165) is 5.56 Å². The standard InChI is InChI=1S/C16H15Cl2FN2O/c1-9(2)14(10-3-5-12(19)6-4-10)21-16(22)11-7-13(17)15(18)20-8-11/h3-9,14H,1-2H3,(H,21,22). The number of hydrogen-bond donors (Lipinski definition) is 1. The molecule has 2 rings (SSSR count). The maximum atomic E-state index is 13.0. The SMILES string of the molecule is CC(C)C(NC(=O)c1cnc(Cl)c(Cl)c1)c1ccc(F)cc1. The zero-order valence-corrected chi connectivity index (χ0v) is 13.6. The van der Waals surface area contributed by atoms with Gasteiger partial charge in [-0.3, -0.25) is 4.79 Å². The highest BCUT2D eigenvalue weighted by Gasteiger charge is 2.20. The van der Waals surface area contributed by atoms with Crippen molar-refractivity contribution in [2.45, 2.75) is 19.9 Å². The lowest BCUT2D eigenvalue weighted by Crippen LogP contribution is -2.31. The highest BCUT2D eigenvalue weighted by Crippen LogP contribution is 2.24. The van der Waals surface area contributed by atoms with Crippen LogP contribution in [-0.2, 0) is 0 Å². The lowest BCUT2D eigenvalue weighted by molar-refractivity contribution is 0.0925. The molecule has 1 atom stereocenters. The first-order chi connectivity index (χ1) is 10.4. The fraction of sp³-hybridized carbons (Fsp3) is 0.250. The molecule has 1 heterocycles. The van der Waals surface area contributed by atoms with E-state index in [0.29, 0.717) is 5.56 Å². The quantitative estimate of drug-likeness (QED) is 0.822. The molecule has 1 N–H and O–H groups in total. The van der Waals surface area contributed by atoms with Crippen LogP contribution in [0, 0.1) is 11.7 Å². The number of pyridine rings is 1. The van der Waals surface area contributed by atoms with Gasteiger partial charge in [0.15, 0.2) is 0 Å². The Bertz CT molecular complexity index is 674. The molecule has 116 valence electrons. The fourth-order valence-corrected chi connectivity index (χ4v) is 2.34. The maximum Gasteiger partial charge on any atom is 0.253 e. The van der Waals surface area contributed by atoms with Crippen LogP contribution in [0.15, 0.2) is 36.5 Å². The lowest BCUT2D eigenvalue weighted by atomic mass is 9.95. The van der Waals surface area contributed by atoms with Gasteiger partial charge in [0.2, 0.25) is 0 Å². The second-order valence-electron chi connectivity index (χ2n) is 5.24. The van der Waals surface area contributed by atoms with Gasteiger partial charge in [0.1, 0.15) is 11.0 Å². The summed E-state index contributed by atoms with van der Waals surface area (Å²) in [5.41, 5.74) is 1.15. The summed E-state index contributed by atoms with van der Waals surface area (Å²) in [6, 6.07) is 7.28. The van der Waals surface area contributed by atoms with Gasteiger partial charge in [-0.1, -0.05) is 49.2 Å². The van der Waals surface area contributed by atoms with Crippen LogP contribution in [0.4, 0.5) is 4.39 Å². The molecule has 0 saturated carbocycles. The van der Waals surface area contributed by atoms with E-state index in [-0.39, 0.29) is 33.9 Å². The molecule has 3 nitrogen and oxygen atoms in total. The topological polar surface area (TPSA) is 42.0 Å². The zero-order chi connectivity index (χ0) is 16.3. The van der Waals surface area contributed by atoms with Crippen LogP contribution in [0.2, 0.25) is 10.2 Å². The van der Waals surface area contributed by atoms with Gasteiger partial charge >= 0.3 is 0 Å². The fourth-order valence-electron chi connectivity index (χ4n) is 2.07. The molecule has 1 aromatic carbocycles. The minimum absolute atomic E-state index is 0.130. The third-order valence-electron chi connectivity index (χ3n) is 3.24. The van der Waals surface area contributed by atoms with Crippen molar-refractivity contribution in [3.8, 4) is 0 Å². The molecule has 1 aromatic heterocycles. The Morgan fingerprint density at radius 2 is 1.86 bits per heavy atom. The molecule has 0 saturated heterocycles. The molecule has 0 radical (unpaired) electrons.